The van der Waals surface area contributed by atoms with Gasteiger partial charge in [0, 0.05) is 26.9 Å². The van der Waals surface area contributed by atoms with Crippen LogP contribution >= 0.6 is 0 Å². The van der Waals surface area contributed by atoms with Crippen molar-refractivity contribution in [2.75, 3.05) is 13.7 Å². The predicted molar refractivity (Wildman–Crippen MR) is 80.6 cm³/mol. The van der Waals surface area contributed by atoms with Crippen molar-refractivity contribution in [3.63, 3.8) is 0 Å². The van der Waals surface area contributed by atoms with Crippen LogP contribution in [0.1, 0.15) is 23.6 Å². The van der Waals surface area contributed by atoms with Crippen LogP contribution in [0.4, 0.5) is 0 Å². The summed E-state index contributed by atoms with van der Waals surface area (Å²) >= 11 is 0. The molecule has 0 aliphatic carbocycles. The molecule has 0 saturated carbocycles. The Kier molecular flexibility index (Phi) is 5.11. The largest absolute Gasteiger partial charge is 0.396 e. The minimum Gasteiger partial charge on any atom is -0.396 e. The van der Waals surface area contributed by atoms with E-state index in [9.17, 15) is 9.90 Å². The molecule has 1 atom stereocenters. The van der Waals surface area contributed by atoms with E-state index in [1.54, 1.807) is 22.8 Å². The topological polar surface area (TPSA) is 58.4 Å². The maximum atomic E-state index is 12.4. The molecule has 1 aromatic heterocycles. The molecular formula is C16H21N3O2. The summed E-state index contributed by atoms with van der Waals surface area (Å²) in [5.41, 5.74) is 1.93. The van der Waals surface area contributed by atoms with Gasteiger partial charge in [-0.15, -0.1) is 0 Å². The number of amides is 1. The third kappa shape index (κ3) is 3.92. The molecule has 0 bridgehead atoms. The smallest absolute Gasteiger partial charge is 0.227 e. The Balaban J connectivity index is 2.10. The molecule has 5 nitrogen and oxygen atoms in total. The molecule has 1 amide bonds. The van der Waals surface area contributed by atoms with E-state index >= 15 is 0 Å². The average Bonchev–Trinajstić information content (AvgIpc) is 2.90. The van der Waals surface area contributed by atoms with Crippen molar-refractivity contribution in [1.29, 1.82) is 0 Å². The molecule has 1 N–H and O–H groups in total. The molecule has 21 heavy (non-hydrogen) atoms. The van der Waals surface area contributed by atoms with Gasteiger partial charge in [0.1, 0.15) is 0 Å². The summed E-state index contributed by atoms with van der Waals surface area (Å²) in [7, 11) is 3.61. The highest BCUT2D eigenvalue weighted by Gasteiger charge is 2.21. The summed E-state index contributed by atoms with van der Waals surface area (Å²) in [6.45, 7) is 0.0457. The van der Waals surface area contributed by atoms with Gasteiger partial charge in [-0.3, -0.25) is 9.48 Å². The van der Waals surface area contributed by atoms with Crippen molar-refractivity contribution < 1.29 is 9.90 Å². The second-order valence-corrected chi connectivity index (χ2v) is 5.14. The average molecular weight is 287 g/mol. The van der Waals surface area contributed by atoms with Gasteiger partial charge in [-0.25, -0.2) is 0 Å². The lowest BCUT2D eigenvalue weighted by molar-refractivity contribution is -0.131. The predicted octanol–water partition coefficient (Wildman–Crippen LogP) is 1.54. The first-order valence-electron chi connectivity index (χ1n) is 7.01. The Morgan fingerprint density at radius 1 is 1.38 bits per heavy atom. The number of rotatable bonds is 6. The lowest BCUT2D eigenvalue weighted by Gasteiger charge is -2.28. The minimum absolute atomic E-state index is 0.0188. The zero-order valence-electron chi connectivity index (χ0n) is 12.4. The first kappa shape index (κ1) is 15.3. The molecule has 1 heterocycles. The SMILES string of the molecule is CN(C(=O)Cc1cnn(C)c1)C(CCO)c1ccccc1. The van der Waals surface area contributed by atoms with Gasteiger partial charge in [-0.1, -0.05) is 30.3 Å². The van der Waals surface area contributed by atoms with E-state index < -0.39 is 0 Å². The fourth-order valence-electron chi connectivity index (χ4n) is 2.42. The van der Waals surface area contributed by atoms with Crippen LogP contribution in [0.3, 0.4) is 0 Å². The summed E-state index contributed by atoms with van der Waals surface area (Å²) in [4.78, 5) is 14.1. The summed E-state index contributed by atoms with van der Waals surface area (Å²) < 4.78 is 1.69. The zero-order chi connectivity index (χ0) is 15.2. The van der Waals surface area contributed by atoms with Crippen LogP contribution < -0.4 is 0 Å². The summed E-state index contributed by atoms with van der Waals surface area (Å²) in [6.07, 6.45) is 4.39. The van der Waals surface area contributed by atoms with Crippen molar-refractivity contribution in [3.8, 4) is 0 Å². The molecule has 1 aromatic carbocycles. The number of aryl methyl sites for hydroxylation is 1. The fraction of sp³-hybridized carbons (Fsp3) is 0.375. The van der Waals surface area contributed by atoms with Gasteiger partial charge in [0.2, 0.25) is 5.91 Å². The van der Waals surface area contributed by atoms with Gasteiger partial charge in [-0.2, -0.15) is 5.10 Å². The van der Waals surface area contributed by atoms with E-state index in [1.807, 2.05) is 43.6 Å². The summed E-state index contributed by atoms with van der Waals surface area (Å²) in [5.74, 6) is 0.0188. The van der Waals surface area contributed by atoms with Gasteiger partial charge in [-0.05, 0) is 17.5 Å². The van der Waals surface area contributed by atoms with Crippen molar-refractivity contribution in [2.24, 2.45) is 7.05 Å². The maximum Gasteiger partial charge on any atom is 0.227 e. The van der Waals surface area contributed by atoms with Crippen molar-refractivity contribution in [1.82, 2.24) is 14.7 Å². The quantitative estimate of drug-likeness (QED) is 0.877. The minimum atomic E-state index is -0.111. The molecule has 0 aliphatic heterocycles. The lowest BCUT2D eigenvalue weighted by Crippen LogP contribution is -2.33. The highest BCUT2D eigenvalue weighted by molar-refractivity contribution is 5.78. The number of benzene rings is 1. The summed E-state index contributed by atoms with van der Waals surface area (Å²) in [6, 6.07) is 9.68. The van der Waals surface area contributed by atoms with Gasteiger partial charge in [0.15, 0.2) is 0 Å². The number of hydrogen-bond acceptors (Lipinski definition) is 3. The second-order valence-electron chi connectivity index (χ2n) is 5.14. The standard InChI is InChI=1S/C16H21N3O2/c1-18-12-13(11-17-18)10-16(21)19(2)15(8-9-20)14-6-4-3-5-7-14/h3-7,11-12,15,20H,8-10H2,1-2H3. The van der Waals surface area contributed by atoms with Crippen LogP contribution in [0, 0.1) is 0 Å². The van der Waals surface area contributed by atoms with Crippen molar-refractivity contribution in [2.45, 2.75) is 18.9 Å². The molecule has 2 aromatic rings. The molecule has 0 aliphatic rings. The van der Waals surface area contributed by atoms with Gasteiger partial charge in [0.25, 0.3) is 0 Å². The Bertz CT molecular complexity index is 580. The number of aromatic nitrogens is 2. The molecule has 2 rings (SSSR count). The van der Waals surface area contributed by atoms with Crippen molar-refractivity contribution >= 4 is 5.91 Å². The number of aliphatic hydroxyl groups is 1. The van der Waals surface area contributed by atoms with E-state index in [-0.39, 0.29) is 18.6 Å². The van der Waals surface area contributed by atoms with Crippen LogP contribution in [0.15, 0.2) is 42.7 Å². The number of carbonyl (C=O) groups excluding carboxylic acids is 1. The fourth-order valence-corrected chi connectivity index (χ4v) is 2.42. The Hall–Kier alpha value is -2.14. The van der Waals surface area contributed by atoms with Gasteiger partial charge < -0.3 is 10.0 Å². The Labute approximate surface area is 124 Å². The third-order valence-corrected chi connectivity index (χ3v) is 3.56. The van der Waals surface area contributed by atoms with Crippen LogP contribution in [0.5, 0.6) is 0 Å². The maximum absolute atomic E-state index is 12.4. The number of likely N-dealkylation sites (N-methyl/N-ethyl adjacent to an activating group) is 1. The molecule has 5 heteroatoms. The number of aliphatic hydroxyl groups excluding tert-OH is 1. The van der Waals surface area contributed by atoms with E-state index in [0.29, 0.717) is 12.8 Å². The highest BCUT2D eigenvalue weighted by atomic mass is 16.3. The first-order chi connectivity index (χ1) is 10.1. The second kappa shape index (κ2) is 7.04. The molecule has 0 saturated heterocycles. The first-order valence-corrected chi connectivity index (χ1v) is 7.01. The van der Waals surface area contributed by atoms with Crippen LogP contribution in [0.2, 0.25) is 0 Å². The summed E-state index contributed by atoms with van der Waals surface area (Å²) in [5, 5.41) is 13.3. The van der Waals surface area contributed by atoms with E-state index in [2.05, 4.69) is 5.10 Å². The van der Waals surface area contributed by atoms with Crippen LogP contribution in [-0.2, 0) is 18.3 Å². The van der Waals surface area contributed by atoms with E-state index in [4.69, 9.17) is 0 Å². The van der Waals surface area contributed by atoms with Crippen LogP contribution in [0.25, 0.3) is 0 Å². The molecule has 0 radical (unpaired) electrons. The molecule has 1 unspecified atom stereocenters. The Morgan fingerprint density at radius 3 is 2.67 bits per heavy atom. The molecule has 0 fully saturated rings. The molecule has 112 valence electrons. The molecule has 0 spiro atoms. The van der Waals surface area contributed by atoms with Gasteiger partial charge >= 0.3 is 0 Å². The normalized spacial score (nSPS) is 12.1. The Morgan fingerprint density at radius 2 is 2.10 bits per heavy atom. The third-order valence-electron chi connectivity index (χ3n) is 3.56. The zero-order valence-corrected chi connectivity index (χ0v) is 12.4. The number of hydrogen-bond donors (Lipinski definition) is 1. The number of nitrogens with zero attached hydrogens (tertiary/aromatic N) is 3. The number of carbonyl (C=O) groups is 1. The van der Waals surface area contributed by atoms with Gasteiger partial charge in [0.05, 0.1) is 18.7 Å². The lowest BCUT2D eigenvalue weighted by atomic mass is 10.0. The molecular weight excluding hydrogens is 266 g/mol. The van der Waals surface area contributed by atoms with E-state index in [1.165, 1.54) is 0 Å². The van der Waals surface area contributed by atoms with Crippen LogP contribution in [-0.4, -0.2) is 39.3 Å². The van der Waals surface area contributed by atoms with E-state index in [0.717, 1.165) is 11.1 Å². The monoisotopic (exact) mass is 287 g/mol. The highest BCUT2D eigenvalue weighted by Crippen LogP contribution is 2.23. The van der Waals surface area contributed by atoms with Crippen molar-refractivity contribution in [3.05, 3.63) is 53.9 Å².